The lowest BCUT2D eigenvalue weighted by Crippen LogP contribution is -2.48. The Kier molecular flexibility index (Phi) is 3.35. The van der Waals surface area contributed by atoms with Gasteiger partial charge in [0.05, 0.1) is 12.4 Å². The second-order valence-electron chi connectivity index (χ2n) is 6.59. The maximum atomic E-state index is 12.6. The van der Waals surface area contributed by atoms with Gasteiger partial charge in [-0.05, 0) is 37.8 Å². The third-order valence-electron chi connectivity index (χ3n) is 4.69. The molecule has 4 rings (SSSR count). The van der Waals surface area contributed by atoms with Crippen molar-refractivity contribution in [2.75, 3.05) is 0 Å². The van der Waals surface area contributed by atoms with Crippen LogP contribution in [0.15, 0.2) is 39.8 Å². The molecule has 3 aromatic rings. The number of para-hydroxylation sites is 1. The summed E-state index contributed by atoms with van der Waals surface area (Å²) >= 11 is 0. The Morgan fingerprint density at radius 2 is 2.24 bits per heavy atom. The molecule has 1 amide bonds. The van der Waals surface area contributed by atoms with Crippen molar-refractivity contribution >= 4 is 28.0 Å². The lowest BCUT2D eigenvalue weighted by molar-refractivity contribution is -0.123. The average molecular weight is 336 g/mol. The molecule has 1 N–H and O–H groups in total. The number of aromatic nitrogens is 2. The van der Waals surface area contributed by atoms with Gasteiger partial charge in [-0.1, -0.05) is 12.1 Å². The smallest absolute Gasteiger partial charge is 0.297 e. The first-order valence-electron chi connectivity index (χ1n) is 8.11. The minimum absolute atomic E-state index is 0.127. The first kappa shape index (κ1) is 15.4. The first-order chi connectivity index (χ1) is 12.0. The van der Waals surface area contributed by atoms with Crippen LogP contribution in [-0.4, -0.2) is 21.0 Å². The van der Waals surface area contributed by atoms with Crippen LogP contribution in [0.5, 0.6) is 0 Å². The van der Waals surface area contributed by atoms with E-state index in [1.54, 1.807) is 13.0 Å². The highest BCUT2D eigenvalue weighted by Gasteiger charge is 2.43. The van der Waals surface area contributed by atoms with E-state index in [4.69, 9.17) is 4.42 Å². The van der Waals surface area contributed by atoms with Crippen LogP contribution in [0, 0.1) is 17.2 Å². The number of furan rings is 1. The topological polar surface area (TPSA) is 101 Å². The van der Waals surface area contributed by atoms with E-state index < -0.39 is 17.0 Å². The molecule has 0 aliphatic heterocycles. The molecule has 0 spiro atoms. The fraction of sp³-hybridized carbons (Fsp3) is 0.333. The largest absolute Gasteiger partial charge is 0.448 e. The van der Waals surface area contributed by atoms with Gasteiger partial charge in [0, 0.05) is 5.39 Å². The summed E-state index contributed by atoms with van der Waals surface area (Å²) in [7, 11) is 0. The third-order valence-corrected chi connectivity index (χ3v) is 4.69. The molecule has 1 atom stereocenters. The predicted molar refractivity (Wildman–Crippen MR) is 90.7 cm³/mol. The van der Waals surface area contributed by atoms with Gasteiger partial charge in [0.1, 0.15) is 23.2 Å². The van der Waals surface area contributed by atoms with Crippen molar-refractivity contribution in [1.82, 2.24) is 14.9 Å². The van der Waals surface area contributed by atoms with Crippen molar-refractivity contribution in [2.24, 2.45) is 5.92 Å². The molecule has 126 valence electrons. The number of hydrogen-bond acceptors (Lipinski definition) is 5. The molecule has 25 heavy (non-hydrogen) atoms. The Bertz CT molecular complexity index is 1090. The zero-order chi connectivity index (χ0) is 17.6. The minimum Gasteiger partial charge on any atom is -0.448 e. The van der Waals surface area contributed by atoms with Crippen LogP contribution >= 0.6 is 0 Å². The monoisotopic (exact) mass is 336 g/mol. The number of hydrogen-bond donors (Lipinski definition) is 1. The molecule has 7 heteroatoms. The van der Waals surface area contributed by atoms with E-state index >= 15 is 0 Å². The number of carbonyl (C=O) groups excluding carboxylic acids is 1. The Balaban J connectivity index is 1.65. The summed E-state index contributed by atoms with van der Waals surface area (Å²) in [4.78, 5) is 29.2. The van der Waals surface area contributed by atoms with Gasteiger partial charge in [-0.25, -0.2) is 4.98 Å². The molecule has 0 radical (unpaired) electrons. The molecule has 2 heterocycles. The molecule has 0 bridgehead atoms. The van der Waals surface area contributed by atoms with Gasteiger partial charge < -0.3 is 9.73 Å². The SMILES string of the molecule is C[C@](C#N)(NC(=O)Cn1cnc2c(oc3ccccc32)c1=O)C1CC1. The van der Waals surface area contributed by atoms with E-state index in [-0.39, 0.29) is 18.0 Å². The number of fused-ring (bicyclic) bond motifs is 3. The second-order valence-corrected chi connectivity index (χ2v) is 6.59. The van der Waals surface area contributed by atoms with Gasteiger partial charge in [0.15, 0.2) is 0 Å². The van der Waals surface area contributed by atoms with E-state index in [2.05, 4.69) is 16.4 Å². The lowest BCUT2D eigenvalue weighted by Gasteiger charge is -2.22. The van der Waals surface area contributed by atoms with Crippen molar-refractivity contribution in [2.45, 2.75) is 31.8 Å². The van der Waals surface area contributed by atoms with Crippen molar-refractivity contribution in [3.63, 3.8) is 0 Å². The molecule has 2 aromatic heterocycles. The van der Waals surface area contributed by atoms with Gasteiger partial charge in [0.2, 0.25) is 11.5 Å². The number of nitrogens with one attached hydrogen (secondary N) is 1. The van der Waals surface area contributed by atoms with Gasteiger partial charge in [-0.2, -0.15) is 5.26 Å². The highest BCUT2D eigenvalue weighted by Crippen LogP contribution is 2.39. The minimum atomic E-state index is -0.891. The molecule has 1 aliphatic carbocycles. The van der Waals surface area contributed by atoms with Crippen LogP contribution in [0.4, 0.5) is 0 Å². The number of carbonyl (C=O) groups is 1. The van der Waals surface area contributed by atoms with Crippen LogP contribution < -0.4 is 10.9 Å². The fourth-order valence-corrected chi connectivity index (χ4v) is 3.09. The highest BCUT2D eigenvalue weighted by molar-refractivity contribution is 6.01. The first-order valence-corrected chi connectivity index (χ1v) is 8.11. The average Bonchev–Trinajstić information content (AvgIpc) is 3.39. The van der Waals surface area contributed by atoms with E-state index in [0.29, 0.717) is 11.1 Å². The molecule has 1 fully saturated rings. The molecule has 1 saturated carbocycles. The second kappa shape index (κ2) is 5.45. The summed E-state index contributed by atoms with van der Waals surface area (Å²) in [6.45, 7) is 1.51. The van der Waals surface area contributed by atoms with Crippen molar-refractivity contribution < 1.29 is 9.21 Å². The normalized spacial score (nSPS) is 16.5. The van der Waals surface area contributed by atoms with E-state index in [1.165, 1.54) is 10.9 Å². The third kappa shape index (κ3) is 2.56. The standard InChI is InChI=1S/C18H16N4O3/c1-18(9-19,11-6-7-11)21-14(23)8-22-10-20-15-12-4-2-3-5-13(12)25-16(15)17(22)24/h2-5,10-11H,6-8H2,1H3,(H,21,23)/t18-/m1/s1. The summed E-state index contributed by atoms with van der Waals surface area (Å²) in [5.41, 5.74) is -0.118. The Hall–Kier alpha value is -3.14. The van der Waals surface area contributed by atoms with Crippen molar-refractivity contribution in [1.29, 1.82) is 5.26 Å². The van der Waals surface area contributed by atoms with Crippen LogP contribution in [0.1, 0.15) is 19.8 Å². The maximum Gasteiger partial charge on any atom is 0.297 e. The quantitative estimate of drug-likeness (QED) is 0.785. The van der Waals surface area contributed by atoms with Crippen LogP contribution in [0.25, 0.3) is 22.1 Å². The number of amides is 1. The number of nitrogens with zero attached hydrogens (tertiary/aromatic N) is 3. The van der Waals surface area contributed by atoms with Gasteiger partial charge in [-0.3, -0.25) is 14.2 Å². The summed E-state index contributed by atoms with van der Waals surface area (Å²) < 4.78 is 6.80. The van der Waals surface area contributed by atoms with E-state index in [0.717, 1.165) is 18.2 Å². The molecule has 1 aromatic carbocycles. The van der Waals surface area contributed by atoms with Crippen LogP contribution in [-0.2, 0) is 11.3 Å². The maximum absolute atomic E-state index is 12.6. The Morgan fingerprint density at radius 3 is 2.96 bits per heavy atom. The summed E-state index contributed by atoms with van der Waals surface area (Å²) in [6.07, 6.45) is 3.20. The number of rotatable bonds is 4. The molecular formula is C18H16N4O3. The van der Waals surface area contributed by atoms with E-state index in [9.17, 15) is 14.9 Å². The summed E-state index contributed by atoms with van der Waals surface area (Å²) in [5.74, 6) is -0.218. The molecule has 1 aliphatic rings. The van der Waals surface area contributed by atoms with Crippen molar-refractivity contribution in [3.8, 4) is 6.07 Å². The molecule has 7 nitrogen and oxygen atoms in total. The summed E-state index contributed by atoms with van der Waals surface area (Å²) in [5, 5.41) is 12.8. The molecule has 0 unspecified atom stereocenters. The van der Waals surface area contributed by atoms with Crippen LogP contribution in [0.2, 0.25) is 0 Å². The van der Waals surface area contributed by atoms with Gasteiger partial charge >= 0.3 is 0 Å². The van der Waals surface area contributed by atoms with Crippen LogP contribution in [0.3, 0.4) is 0 Å². The van der Waals surface area contributed by atoms with Crippen molar-refractivity contribution in [3.05, 3.63) is 40.9 Å². The molecular weight excluding hydrogens is 320 g/mol. The zero-order valence-corrected chi connectivity index (χ0v) is 13.7. The fourth-order valence-electron chi connectivity index (χ4n) is 3.09. The van der Waals surface area contributed by atoms with Gasteiger partial charge in [0.25, 0.3) is 5.56 Å². The highest BCUT2D eigenvalue weighted by atomic mass is 16.3. The Labute approximate surface area is 142 Å². The predicted octanol–water partition coefficient (Wildman–Crippen LogP) is 1.95. The van der Waals surface area contributed by atoms with Gasteiger partial charge in [-0.15, -0.1) is 0 Å². The summed E-state index contributed by atoms with van der Waals surface area (Å²) in [6, 6.07) is 9.43. The zero-order valence-electron chi connectivity index (χ0n) is 13.7. The molecule has 0 saturated heterocycles. The van der Waals surface area contributed by atoms with E-state index in [1.807, 2.05) is 18.2 Å². The Morgan fingerprint density at radius 1 is 1.48 bits per heavy atom. The number of benzene rings is 1. The number of nitriles is 1. The lowest BCUT2D eigenvalue weighted by atomic mass is 9.98.